The minimum absolute atomic E-state index is 0.0495. The normalized spacial score (nSPS) is 41.5. The summed E-state index contributed by atoms with van der Waals surface area (Å²) in [6, 6.07) is 0. The molecule has 0 aromatic carbocycles. The summed E-state index contributed by atoms with van der Waals surface area (Å²) < 4.78 is 0. The molecule has 3 heteroatoms. The van der Waals surface area contributed by atoms with Gasteiger partial charge in [-0.15, -0.1) is 0 Å². The van der Waals surface area contributed by atoms with Crippen LogP contribution in [0.2, 0.25) is 35.6 Å². The van der Waals surface area contributed by atoms with Gasteiger partial charge in [-0.25, -0.2) is 0 Å². The molecule has 5 atom stereocenters. The molecular formula is C17H33OSeSi+. The first-order valence-corrected chi connectivity index (χ1v) is 15.5. The van der Waals surface area contributed by atoms with Crippen LogP contribution in [0.3, 0.4) is 0 Å². The number of aliphatic hydroxyl groups is 1. The molecule has 0 heterocycles. The maximum absolute atomic E-state index is 10.9. The summed E-state index contributed by atoms with van der Waals surface area (Å²) in [6.45, 7) is 14.3. The number of rotatable bonds is 4. The Morgan fingerprint density at radius 3 is 2.30 bits per heavy atom. The molecule has 1 nitrogen and oxygen atoms in total. The molecule has 0 radical (unpaired) electrons. The summed E-state index contributed by atoms with van der Waals surface area (Å²) >= 11 is -0.739. The molecule has 0 saturated heterocycles. The fourth-order valence-electron chi connectivity index (χ4n) is 4.41. The maximum atomic E-state index is 10.9. The van der Waals surface area contributed by atoms with Gasteiger partial charge in [-0.2, -0.15) is 0 Å². The van der Waals surface area contributed by atoms with E-state index in [0.29, 0.717) is 10.2 Å². The quantitative estimate of drug-likeness (QED) is 0.719. The molecule has 0 aliphatic heterocycles. The van der Waals surface area contributed by atoms with E-state index in [0.717, 1.165) is 5.92 Å². The Bertz CT molecular complexity index is 398. The van der Waals surface area contributed by atoms with E-state index >= 15 is 0 Å². The van der Waals surface area contributed by atoms with Crippen molar-refractivity contribution in [3.63, 3.8) is 0 Å². The first-order chi connectivity index (χ1) is 9.01. The zero-order valence-electron chi connectivity index (χ0n) is 14.4. The van der Waals surface area contributed by atoms with Crippen molar-refractivity contribution in [1.29, 1.82) is 0 Å². The zero-order chi connectivity index (χ0) is 15.3. The first-order valence-electron chi connectivity index (χ1n) is 7.98. The fraction of sp³-hybridized carbons (Fsp3) is 0.882. The van der Waals surface area contributed by atoms with E-state index in [9.17, 15) is 5.11 Å². The van der Waals surface area contributed by atoms with Crippen LogP contribution in [0.4, 0.5) is 0 Å². The SMILES string of the molecule is C[Se+](C/C=C/[Si](C)(C)C)[C@H]1[C@H]2CC[C@@](C)([C@H]1O)C2(C)C. The Labute approximate surface area is 131 Å². The van der Waals surface area contributed by atoms with Gasteiger partial charge in [0.1, 0.15) is 0 Å². The predicted octanol–water partition coefficient (Wildman–Crippen LogP) is 4.73. The minimum atomic E-state index is -1.06. The molecule has 2 bridgehead atoms. The van der Waals surface area contributed by atoms with Crippen LogP contribution >= 0.6 is 0 Å². The van der Waals surface area contributed by atoms with Gasteiger partial charge in [0.15, 0.2) is 0 Å². The topological polar surface area (TPSA) is 20.2 Å². The van der Waals surface area contributed by atoms with Crippen molar-refractivity contribution in [2.24, 2.45) is 16.7 Å². The Hall–Kier alpha value is 0.436. The van der Waals surface area contributed by atoms with Crippen molar-refractivity contribution in [1.82, 2.24) is 0 Å². The number of allylic oxidation sites excluding steroid dienone is 1. The molecule has 2 aliphatic carbocycles. The van der Waals surface area contributed by atoms with Crippen LogP contribution < -0.4 is 0 Å². The van der Waals surface area contributed by atoms with Crippen molar-refractivity contribution in [3.8, 4) is 0 Å². The average molecular weight is 360 g/mol. The van der Waals surface area contributed by atoms with Gasteiger partial charge in [-0.1, -0.05) is 0 Å². The van der Waals surface area contributed by atoms with Crippen LogP contribution in [0.1, 0.15) is 33.6 Å². The van der Waals surface area contributed by atoms with Crippen LogP contribution in [0, 0.1) is 16.7 Å². The van der Waals surface area contributed by atoms with Gasteiger partial charge in [0.2, 0.25) is 0 Å². The molecule has 2 aliphatic rings. The molecule has 20 heavy (non-hydrogen) atoms. The Kier molecular flexibility index (Phi) is 4.42. The number of aliphatic hydroxyl groups excluding tert-OH is 1. The summed E-state index contributed by atoms with van der Waals surface area (Å²) in [5.41, 5.74) is 2.99. The first kappa shape index (κ1) is 16.8. The van der Waals surface area contributed by atoms with Gasteiger partial charge in [-0.3, -0.25) is 0 Å². The van der Waals surface area contributed by atoms with E-state index in [2.05, 4.69) is 58.0 Å². The molecule has 1 unspecified atom stereocenters. The van der Waals surface area contributed by atoms with Crippen LogP contribution in [-0.4, -0.2) is 33.2 Å². The van der Waals surface area contributed by atoms with Crippen molar-refractivity contribution in [3.05, 3.63) is 11.8 Å². The second kappa shape index (κ2) is 5.26. The molecule has 0 spiro atoms. The molecule has 0 aromatic rings. The van der Waals surface area contributed by atoms with E-state index in [1.807, 2.05) is 0 Å². The van der Waals surface area contributed by atoms with E-state index in [1.165, 1.54) is 18.2 Å². The van der Waals surface area contributed by atoms with Gasteiger partial charge >= 0.3 is 131 Å². The average Bonchev–Trinajstić information content (AvgIpc) is 2.59. The van der Waals surface area contributed by atoms with Gasteiger partial charge in [0.25, 0.3) is 0 Å². The molecule has 2 fully saturated rings. The van der Waals surface area contributed by atoms with Gasteiger partial charge in [0.05, 0.1) is 0 Å². The van der Waals surface area contributed by atoms with Crippen LogP contribution in [0.5, 0.6) is 0 Å². The van der Waals surface area contributed by atoms with Crippen LogP contribution in [-0.2, 0) is 0 Å². The number of hydrogen-bond acceptors (Lipinski definition) is 1. The van der Waals surface area contributed by atoms with Gasteiger partial charge in [-0.05, 0) is 0 Å². The molecule has 0 amide bonds. The molecule has 0 aromatic heterocycles. The molecule has 1 N–H and O–H groups in total. The van der Waals surface area contributed by atoms with E-state index in [1.54, 1.807) is 0 Å². The molecule has 2 rings (SSSR count). The predicted molar refractivity (Wildman–Crippen MR) is 93.3 cm³/mol. The second-order valence-corrected chi connectivity index (χ2v) is 18.6. The van der Waals surface area contributed by atoms with Gasteiger partial charge < -0.3 is 0 Å². The van der Waals surface area contributed by atoms with Crippen LogP contribution in [0.25, 0.3) is 0 Å². The van der Waals surface area contributed by atoms with Crippen molar-refractivity contribution in [2.75, 3.05) is 0 Å². The Balaban J connectivity index is 2.09. The molecule has 116 valence electrons. The van der Waals surface area contributed by atoms with Gasteiger partial charge in [0, 0.05) is 0 Å². The summed E-state index contributed by atoms with van der Waals surface area (Å²) in [4.78, 5) is 0.620. The van der Waals surface area contributed by atoms with Crippen molar-refractivity contribution >= 4 is 22.0 Å². The summed E-state index contributed by atoms with van der Waals surface area (Å²) in [5.74, 6) is 3.24. The zero-order valence-corrected chi connectivity index (χ0v) is 17.1. The van der Waals surface area contributed by atoms with E-state index in [4.69, 9.17) is 0 Å². The molecule has 2 saturated carbocycles. The summed E-state index contributed by atoms with van der Waals surface area (Å²) in [6.07, 6.45) is 4.97. The third-order valence-electron chi connectivity index (χ3n) is 6.18. The summed E-state index contributed by atoms with van der Waals surface area (Å²) in [5, 5.41) is 12.2. The van der Waals surface area contributed by atoms with Crippen molar-refractivity contribution < 1.29 is 5.11 Å². The number of fused-ring (bicyclic) bond motifs is 2. The third-order valence-corrected chi connectivity index (χ3v) is 12.1. The number of hydrogen-bond donors (Lipinski definition) is 1. The molecular weight excluding hydrogens is 327 g/mol. The second-order valence-electron chi connectivity index (χ2n) is 8.82. The van der Waals surface area contributed by atoms with Crippen LogP contribution in [0.15, 0.2) is 11.8 Å². The fourth-order valence-corrected chi connectivity index (χ4v) is 10.7. The Morgan fingerprint density at radius 2 is 1.85 bits per heavy atom. The van der Waals surface area contributed by atoms with Crippen molar-refractivity contribution in [2.45, 2.75) is 75.3 Å². The third kappa shape index (κ3) is 2.60. The van der Waals surface area contributed by atoms with E-state index < -0.39 is 22.0 Å². The Morgan fingerprint density at radius 1 is 1.25 bits per heavy atom. The van der Waals surface area contributed by atoms with E-state index in [-0.39, 0.29) is 11.5 Å². The monoisotopic (exact) mass is 361 g/mol. The standard InChI is InChI=1S/C17H33OSeSi/c1-16(2)13-9-10-17(16,3)15(18)14(13)19(4)11-8-12-20(5,6)7/h8,12-15,18H,9-11H2,1-7H3/q+1/b12-8+/t13-,14+,15+,17+,19?/m1/s1. The summed E-state index contributed by atoms with van der Waals surface area (Å²) in [7, 11) is -1.06.